The highest BCUT2D eigenvalue weighted by molar-refractivity contribution is 5.70. The first-order valence-corrected chi connectivity index (χ1v) is 33.6. The third kappa shape index (κ3) is 61.4. The van der Waals surface area contributed by atoms with Crippen molar-refractivity contribution in [3.63, 3.8) is 0 Å². The van der Waals surface area contributed by atoms with Crippen molar-refractivity contribution < 1.29 is 24.2 Å². The van der Waals surface area contributed by atoms with Gasteiger partial charge >= 0.3 is 11.9 Å². The number of hydrogen-bond donors (Lipinski definition) is 1. The lowest BCUT2D eigenvalue weighted by molar-refractivity contribution is -0.161. The van der Waals surface area contributed by atoms with Gasteiger partial charge < -0.3 is 14.6 Å². The second kappa shape index (κ2) is 64.2. The molecule has 0 aromatic rings. The van der Waals surface area contributed by atoms with Crippen LogP contribution < -0.4 is 0 Å². The van der Waals surface area contributed by atoms with Crippen LogP contribution >= 0.6 is 0 Å². The molecule has 0 fully saturated rings. The van der Waals surface area contributed by atoms with Crippen molar-refractivity contribution in [2.24, 2.45) is 0 Å². The van der Waals surface area contributed by atoms with Crippen LogP contribution in [0.5, 0.6) is 0 Å². The van der Waals surface area contributed by atoms with Gasteiger partial charge in [0.05, 0.1) is 6.61 Å². The molecule has 0 aromatic carbocycles. The van der Waals surface area contributed by atoms with Gasteiger partial charge in [-0.05, 0) is 12.8 Å². The minimum atomic E-state index is -0.764. The Bertz CT molecular complexity index is 1010. The van der Waals surface area contributed by atoms with Crippen LogP contribution in [0.4, 0.5) is 0 Å². The first kappa shape index (κ1) is 70.9. The van der Waals surface area contributed by atoms with E-state index in [0.29, 0.717) is 12.8 Å². The van der Waals surface area contributed by atoms with E-state index in [-0.39, 0.29) is 25.2 Å². The number of aliphatic hydroxyl groups is 1. The van der Waals surface area contributed by atoms with Gasteiger partial charge in [0, 0.05) is 12.8 Å². The zero-order chi connectivity index (χ0) is 52.0. The van der Waals surface area contributed by atoms with Gasteiger partial charge in [0.1, 0.15) is 6.61 Å². The monoisotopic (exact) mass is 1020 g/mol. The maximum atomic E-state index is 12.3. The highest BCUT2D eigenvalue weighted by Crippen LogP contribution is 2.20. The normalized spacial score (nSPS) is 12.0. The Morgan fingerprint density at radius 1 is 0.264 bits per heavy atom. The molecule has 0 aliphatic heterocycles. The Kier molecular flexibility index (Phi) is 63.2. The number of carbonyl (C=O) groups excluding carboxylic acids is 2. The van der Waals surface area contributed by atoms with E-state index in [1.807, 2.05) is 0 Å². The first-order valence-electron chi connectivity index (χ1n) is 33.6. The molecule has 5 heteroatoms. The minimum Gasteiger partial charge on any atom is -0.462 e. The smallest absolute Gasteiger partial charge is 0.306 e. The highest BCUT2D eigenvalue weighted by Gasteiger charge is 2.16. The summed E-state index contributed by atoms with van der Waals surface area (Å²) in [6.45, 7) is 4.21. The summed E-state index contributed by atoms with van der Waals surface area (Å²) < 4.78 is 10.7. The lowest BCUT2D eigenvalue weighted by Crippen LogP contribution is -2.28. The standard InChI is InChI=1S/C67H132O5/c1-3-5-7-9-11-13-15-17-19-21-23-24-25-26-27-28-29-30-31-32-33-34-35-36-37-38-39-40-41-42-43-44-46-48-50-52-54-56-58-60-62-67(70)72-65(63-68)64-71-66(69)61-59-57-55-53-51-49-47-45-22-20-18-16-14-12-10-8-6-4-2/h65,68H,3-64H2,1-2H3. The molecule has 72 heavy (non-hydrogen) atoms. The van der Waals surface area contributed by atoms with E-state index < -0.39 is 6.10 Å². The molecule has 0 saturated carbocycles. The van der Waals surface area contributed by atoms with E-state index in [2.05, 4.69) is 13.8 Å². The highest BCUT2D eigenvalue weighted by atomic mass is 16.6. The molecule has 0 aromatic heterocycles. The summed E-state index contributed by atoms with van der Waals surface area (Å²) >= 11 is 0. The molecule has 0 aliphatic carbocycles. The van der Waals surface area contributed by atoms with Crippen LogP contribution in [-0.4, -0.2) is 36.4 Å². The maximum Gasteiger partial charge on any atom is 0.306 e. The average molecular weight is 1020 g/mol. The second-order valence-corrected chi connectivity index (χ2v) is 23.3. The van der Waals surface area contributed by atoms with Crippen molar-refractivity contribution >= 4 is 11.9 Å². The van der Waals surface area contributed by atoms with Gasteiger partial charge in [-0.15, -0.1) is 0 Å². The van der Waals surface area contributed by atoms with Crippen LogP contribution in [0.15, 0.2) is 0 Å². The zero-order valence-electron chi connectivity index (χ0n) is 49.5. The van der Waals surface area contributed by atoms with E-state index in [1.165, 1.54) is 340 Å². The summed E-state index contributed by atoms with van der Waals surface area (Å²) in [7, 11) is 0. The molecule has 1 unspecified atom stereocenters. The van der Waals surface area contributed by atoms with Gasteiger partial charge in [-0.3, -0.25) is 9.59 Å². The van der Waals surface area contributed by atoms with Crippen molar-refractivity contribution in [1.82, 2.24) is 0 Å². The Morgan fingerprint density at radius 2 is 0.431 bits per heavy atom. The Balaban J connectivity index is 3.32. The Morgan fingerprint density at radius 3 is 0.611 bits per heavy atom. The molecule has 0 bridgehead atoms. The van der Waals surface area contributed by atoms with Crippen LogP contribution in [0, 0.1) is 0 Å². The molecule has 0 radical (unpaired) electrons. The average Bonchev–Trinajstić information content (AvgIpc) is 3.38. The van der Waals surface area contributed by atoms with Gasteiger partial charge in [-0.1, -0.05) is 373 Å². The number of aliphatic hydroxyl groups excluding tert-OH is 1. The second-order valence-electron chi connectivity index (χ2n) is 23.3. The summed E-state index contributed by atoms with van der Waals surface area (Å²) in [4.78, 5) is 24.5. The number of hydrogen-bond acceptors (Lipinski definition) is 5. The summed E-state index contributed by atoms with van der Waals surface area (Å²) in [5.74, 6) is -0.562. The summed E-state index contributed by atoms with van der Waals surface area (Å²) in [6.07, 6.45) is 80.1. The lowest BCUT2D eigenvalue weighted by Gasteiger charge is -2.15. The molecule has 5 nitrogen and oxygen atoms in total. The summed E-state index contributed by atoms with van der Waals surface area (Å²) in [5.41, 5.74) is 0. The molecule has 430 valence electrons. The van der Waals surface area contributed by atoms with Gasteiger partial charge in [0.2, 0.25) is 0 Å². The number of rotatable bonds is 64. The van der Waals surface area contributed by atoms with Crippen LogP contribution in [-0.2, 0) is 19.1 Å². The molecular weight excluding hydrogens is 885 g/mol. The largest absolute Gasteiger partial charge is 0.462 e. The van der Waals surface area contributed by atoms with Crippen molar-refractivity contribution in [2.75, 3.05) is 13.2 Å². The molecule has 1 N–H and O–H groups in total. The molecule has 0 heterocycles. The van der Waals surface area contributed by atoms with Gasteiger partial charge in [-0.2, -0.15) is 0 Å². The van der Waals surface area contributed by atoms with Crippen LogP contribution in [0.25, 0.3) is 0 Å². The van der Waals surface area contributed by atoms with E-state index >= 15 is 0 Å². The predicted octanol–water partition coefficient (Wildman–Crippen LogP) is 22.9. The fourth-order valence-corrected chi connectivity index (χ4v) is 10.9. The summed E-state index contributed by atoms with van der Waals surface area (Å²) in [5, 5.41) is 9.67. The van der Waals surface area contributed by atoms with E-state index in [9.17, 15) is 14.7 Å². The molecule has 0 amide bonds. The molecule has 1 atom stereocenters. The molecule has 0 spiro atoms. The molecular formula is C67H132O5. The maximum absolute atomic E-state index is 12.3. The van der Waals surface area contributed by atoms with Gasteiger partial charge in [0.25, 0.3) is 0 Å². The SMILES string of the molecule is CCCCCCCCCCCCCCCCCCCCCCCCCCCCCCCCCCCCCCCCCCC(=O)OC(CO)COC(=O)CCCCCCCCCCCCCCCCCCCC. The predicted molar refractivity (Wildman–Crippen MR) is 316 cm³/mol. The van der Waals surface area contributed by atoms with E-state index in [0.717, 1.165) is 32.1 Å². The molecule has 0 rings (SSSR count). The number of ether oxygens (including phenoxy) is 2. The first-order chi connectivity index (χ1) is 35.6. The van der Waals surface area contributed by atoms with Crippen molar-refractivity contribution in [3.8, 4) is 0 Å². The zero-order valence-corrected chi connectivity index (χ0v) is 49.5. The van der Waals surface area contributed by atoms with Crippen LogP contribution in [0.1, 0.15) is 399 Å². The third-order valence-corrected chi connectivity index (χ3v) is 15.9. The lowest BCUT2D eigenvalue weighted by atomic mass is 10.0. The Hall–Kier alpha value is -1.10. The molecule has 0 saturated heterocycles. The topological polar surface area (TPSA) is 72.8 Å². The number of carbonyl (C=O) groups is 2. The van der Waals surface area contributed by atoms with E-state index in [1.54, 1.807) is 0 Å². The summed E-state index contributed by atoms with van der Waals surface area (Å²) in [6, 6.07) is 0. The van der Waals surface area contributed by atoms with E-state index in [4.69, 9.17) is 9.47 Å². The van der Waals surface area contributed by atoms with Crippen molar-refractivity contribution in [1.29, 1.82) is 0 Å². The number of unbranched alkanes of at least 4 members (excludes halogenated alkanes) is 56. The van der Waals surface area contributed by atoms with Crippen molar-refractivity contribution in [2.45, 2.75) is 405 Å². The fourth-order valence-electron chi connectivity index (χ4n) is 10.9. The minimum absolute atomic E-state index is 0.0557. The Labute approximate surface area is 452 Å². The quantitative estimate of drug-likeness (QED) is 0.0485. The van der Waals surface area contributed by atoms with Gasteiger partial charge in [0.15, 0.2) is 6.10 Å². The van der Waals surface area contributed by atoms with Crippen LogP contribution in [0.3, 0.4) is 0 Å². The number of esters is 2. The van der Waals surface area contributed by atoms with Crippen molar-refractivity contribution in [3.05, 3.63) is 0 Å². The van der Waals surface area contributed by atoms with Crippen LogP contribution in [0.2, 0.25) is 0 Å². The molecule has 0 aliphatic rings. The fraction of sp³-hybridized carbons (Fsp3) is 0.970. The van der Waals surface area contributed by atoms with Gasteiger partial charge in [-0.25, -0.2) is 0 Å². The third-order valence-electron chi connectivity index (χ3n) is 15.9.